The van der Waals surface area contributed by atoms with Gasteiger partial charge in [0, 0.05) is 11.3 Å². The Morgan fingerprint density at radius 1 is 1.53 bits per heavy atom. The van der Waals surface area contributed by atoms with Crippen LogP contribution >= 0.6 is 0 Å². The lowest BCUT2D eigenvalue weighted by Crippen LogP contribution is -2.19. The van der Waals surface area contributed by atoms with Crippen molar-refractivity contribution in [1.82, 2.24) is 4.98 Å². The van der Waals surface area contributed by atoms with E-state index in [1.54, 1.807) is 0 Å². The monoisotopic (exact) mass is 209 g/mol. The van der Waals surface area contributed by atoms with Gasteiger partial charge in [-0.3, -0.25) is 4.98 Å². The largest absolute Gasteiger partial charge is 0.373 e. The van der Waals surface area contributed by atoms with E-state index in [0.29, 0.717) is 18.1 Å². The maximum absolute atomic E-state index is 13.6. The van der Waals surface area contributed by atoms with Crippen molar-refractivity contribution < 1.29 is 9.13 Å². The van der Waals surface area contributed by atoms with Crippen LogP contribution in [0.4, 0.5) is 4.39 Å². The highest BCUT2D eigenvalue weighted by Gasteiger charge is 2.25. The first-order valence-corrected chi connectivity index (χ1v) is 5.40. The standard InChI is InChI=1S/C12H16FNO/c1-7(2)12-9-4-5-15-8(3)11(9)10(13)6-14-12/h6-8H,4-5H2,1-3H3. The number of hydrogen-bond donors (Lipinski definition) is 0. The molecular formula is C12H16FNO. The zero-order chi connectivity index (χ0) is 11.0. The van der Waals surface area contributed by atoms with E-state index in [1.807, 2.05) is 6.92 Å². The topological polar surface area (TPSA) is 22.1 Å². The van der Waals surface area contributed by atoms with E-state index in [9.17, 15) is 4.39 Å². The summed E-state index contributed by atoms with van der Waals surface area (Å²) in [6.07, 6.45) is 1.95. The van der Waals surface area contributed by atoms with Gasteiger partial charge in [-0.2, -0.15) is 0 Å². The normalized spacial score (nSPS) is 20.5. The zero-order valence-corrected chi connectivity index (χ0v) is 9.38. The highest BCUT2D eigenvalue weighted by atomic mass is 19.1. The summed E-state index contributed by atoms with van der Waals surface area (Å²) in [5.41, 5.74) is 2.78. The lowest BCUT2D eigenvalue weighted by molar-refractivity contribution is 0.0519. The molecule has 1 aliphatic rings. The third kappa shape index (κ3) is 1.76. The summed E-state index contributed by atoms with van der Waals surface area (Å²) >= 11 is 0. The van der Waals surface area contributed by atoms with Crippen molar-refractivity contribution in [3.63, 3.8) is 0 Å². The lowest BCUT2D eigenvalue weighted by Gasteiger charge is -2.26. The van der Waals surface area contributed by atoms with E-state index in [1.165, 1.54) is 6.20 Å². The van der Waals surface area contributed by atoms with Gasteiger partial charge < -0.3 is 4.74 Å². The molecule has 1 aromatic rings. The Kier molecular flexibility index (Phi) is 2.74. The fourth-order valence-electron chi connectivity index (χ4n) is 2.18. The van der Waals surface area contributed by atoms with E-state index < -0.39 is 0 Å². The van der Waals surface area contributed by atoms with E-state index in [0.717, 1.165) is 17.7 Å². The minimum atomic E-state index is -0.235. The lowest BCUT2D eigenvalue weighted by atomic mass is 9.92. The number of rotatable bonds is 1. The SMILES string of the molecule is CC(C)c1ncc(F)c2c1CCOC2C. The first-order valence-electron chi connectivity index (χ1n) is 5.40. The maximum Gasteiger partial charge on any atom is 0.147 e. The average Bonchev–Trinajstić information content (AvgIpc) is 2.17. The van der Waals surface area contributed by atoms with Gasteiger partial charge in [0.25, 0.3) is 0 Å². The molecule has 1 atom stereocenters. The van der Waals surface area contributed by atoms with Crippen LogP contribution in [0.5, 0.6) is 0 Å². The van der Waals surface area contributed by atoms with Crippen molar-refractivity contribution in [3.8, 4) is 0 Å². The molecule has 0 amide bonds. The van der Waals surface area contributed by atoms with Crippen LogP contribution < -0.4 is 0 Å². The van der Waals surface area contributed by atoms with Gasteiger partial charge in [-0.15, -0.1) is 0 Å². The van der Waals surface area contributed by atoms with Crippen LogP contribution in [-0.2, 0) is 11.2 Å². The predicted octanol–water partition coefficient (Wildman–Crippen LogP) is 2.98. The molecule has 0 bridgehead atoms. The zero-order valence-electron chi connectivity index (χ0n) is 9.38. The quantitative estimate of drug-likeness (QED) is 0.709. The smallest absolute Gasteiger partial charge is 0.147 e. The molecule has 0 saturated carbocycles. The van der Waals surface area contributed by atoms with Crippen molar-refractivity contribution in [2.24, 2.45) is 0 Å². The number of nitrogens with zero attached hydrogens (tertiary/aromatic N) is 1. The van der Waals surface area contributed by atoms with Crippen LogP contribution in [0, 0.1) is 5.82 Å². The first kappa shape index (κ1) is 10.6. The second-order valence-electron chi connectivity index (χ2n) is 4.30. The van der Waals surface area contributed by atoms with Gasteiger partial charge in [0.2, 0.25) is 0 Å². The van der Waals surface area contributed by atoms with E-state index in [-0.39, 0.29) is 11.9 Å². The molecule has 0 spiro atoms. The van der Waals surface area contributed by atoms with Crippen LogP contribution in [0.25, 0.3) is 0 Å². The van der Waals surface area contributed by atoms with E-state index >= 15 is 0 Å². The van der Waals surface area contributed by atoms with Crippen molar-refractivity contribution in [3.05, 3.63) is 28.8 Å². The Bertz CT molecular complexity index is 376. The molecule has 2 rings (SSSR count). The minimum absolute atomic E-state index is 0.144. The van der Waals surface area contributed by atoms with Gasteiger partial charge in [-0.05, 0) is 24.8 Å². The van der Waals surface area contributed by atoms with E-state index in [4.69, 9.17) is 4.74 Å². The molecule has 2 nitrogen and oxygen atoms in total. The molecule has 0 radical (unpaired) electrons. The number of halogens is 1. The summed E-state index contributed by atoms with van der Waals surface area (Å²) in [4.78, 5) is 4.19. The van der Waals surface area contributed by atoms with Crippen LogP contribution in [0.3, 0.4) is 0 Å². The molecule has 0 saturated heterocycles. The molecule has 82 valence electrons. The van der Waals surface area contributed by atoms with Gasteiger partial charge in [0.1, 0.15) is 5.82 Å². The Labute approximate surface area is 89.5 Å². The molecule has 3 heteroatoms. The molecule has 0 fully saturated rings. The molecule has 0 N–H and O–H groups in total. The average molecular weight is 209 g/mol. The molecule has 1 unspecified atom stereocenters. The van der Waals surface area contributed by atoms with Gasteiger partial charge >= 0.3 is 0 Å². The predicted molar refractivity (Wildman–Crippen MR) is 56.4 cm³/mol. The molecule has 1 aliphatic heterocycles. The number of aromatic nitrogens is 1. The Balaban J connectivity index is 2.58. The van der Waals surface area contributed by atoms with Crippen molar-refractivity contribution in [1.29, 1.82) is 0 Å². The number of fused-ring (bicyclic) bond motifs is 1. The molecule has 2 heterocycles. The highest BCUT2D eigenvalue weighted by Crippen LogP contribution is 2.32. The Morgan fingerprint density at radius 3 is 2.93 bits per heavy atom. The first-order chi connectivity index (χ1) is 7.11. The fourth-order valence-corrected chi connectivity index (χ4v) is 2.18. The summed E-state index contributed by atoms with van der Waals surface area (Å²) in [6, 6.07) is 0. The molecule has 1 aromatic heterocycles. The molecule has 15 heavy (non-hydrogen) atoms. The van der Waals surface area contributed by atoms with Crippen molar-refractivity contribution in [2.45, 2.75) is 39.2 Å². The second-order valence-corrected chi connectivity index (χ2v) is 4.30. The number of pyridine rings is 1. The summed E-state index contributed by atoms with van der Waals surface area (Å²) in [7, 11) is 0. The summed E-state index contributed by atoms with van der Waals surface area (Å²) in [5.74, 6) is 0.103. The summed E-state index contributed by atoms with van der Waals surface area (Å²) in [5, 5.41) is 0. The molecular weight excluding hydrogens is 193 g/mol. The molecule has 0 aromatic carbocycles. The van der Waals surface area contributed by atoms with Crippen LogP contribution in [0.2, 0.25) is 0 Å². The number of hydrogen-bond acceptors (Lipinski definition) is 2. The highest BCUT2D eigenvalue weighted by molar-refractivity contribution is 5.36. The van der Waals surface area contributed by atoms with Gasteiger partial charge in [0.05, 0.1) is 18.9 Å². The van der Waals surface area contributed by atoms with E-state index in [2.05, 4.69) is 18.8 Å². The third-order valence-corrected chi connectivity index (χ3v) is 2.88. The van der Waals surface area contributed by atoms with Crippen LogP contribution in [0.1, 0.15) is 49.6 Å². The summed E-state index contributed by atoms with van der Waals surface area (Å²) < 4.78 is 19.1. The molecule has 0 aliphatic carbocycles. The van der Waals surface area contributed by atoms with Gasteiger partial charge in [-0.25, -0.2) is 4.39 Å². The second kappa shape index (κ2) is 3.89. The van der Waals surface area contributed by atoms with Crippen LogP contribution in [0.15, 0.2) is 6.20 Å². The van der Waals surface area contributed by atoms with Gasteiger partial charge in [-0.1, -0.05) is 13.8 Å². The third-order valence-electron chi connectivity index (χ3n) is 2.88. The number of ether oxygens (including phenoxy) is 1. The minimum Gasteiger partial charge on any atom is -0.373 e. The Hall–Kier alpha value is -0.960. The van der Waals surface area contributed by atoms with Crippen LogP contribution in [-0.4, -0.2) is 11.6 Å². The summed E-state index contributed by atoms with van der Waals surface area (Å²) in [6.45, 7) is 6.73. The van der Waals surface area contributed by atoms with Gasteiger partial charge in [0.15, 0.2) is 0 Å². The van der Waals surface area contributed by atoms with Crippen molar-refractivity contribution in [2.75, 3.05) is 6.61 Å². The Morgan fingerprint density at radius 2 is 2.27 bits per heavy atom. The van der Waals surface area contributed by atoms with Crippen molar-refractivity contribution >= 4 is 0 Å². The maximum atomic E-state index is 13.6. The fraction of sp³-hybridized carbons (Fsp3) is 0.583.